The molecule has 5 rings (SSSR count). The highest BCUT2D eigenvalue weighted by Gasteiger charge is 2.27. The van der Waals surface area contributed by atoms with E-state index >= 15 is 0 Å². The van der Waals surface area contributed by atoms with E-state index in [9.17, 15) is 9.59 Å². The van der Waals surface area contributed by atoms with Crippen LogP contribution in [0.3, 0.4) is 0 Å². The van der Waals surface area contributed by atoms with Crippen LogP contribution < -0.4 is 25.6 Å². The molecule has 3 heterocycles. The normalized spacial score (nSPS) is 14.5. The maximum absolute atomic E-state index is 13.2. The minimum Gasteiger partial charge on any atom is -0.490 e. The van der Waals surface area contributed by atoms with Gasteiger partial charge in [0.2, 0.25) is 5.28 Å². The van der Waals surface area contributed by atoms with Gasteiger partial charge in [-0.3, -0.25) is 13.9 Å². The van der Waals surface area contributed by atoms with Gasteiger partial charge in [-0.15, -0.1) is 0 Å². The third-order valence-corrected chi connectivity index (χ3v) is 6.82. The van der Waals surface area contributed by atoms with Crippen LogP contribution >= 0.6 is 11.6 Å². The Morgan fingerprint density at radius 3 is 2.33 bits per heavy atom. The average molecular weight is 510 g/mol. The minimum absolute atomic E-state index is 0.144. The van der Waals surface area contributed by atoms with Crippen molar-refractivity contribution in [1.29, 1.82) is 0 Å². The van der Waals surface area contributed by atoms with Crippen LogP contribution in [0.15, 0.2) is 46.0 Å². The Morgan fingerprint density at radius 1 is 0.972 bits per heavy atom. The summed E-state index contributed by atoms with van der Waals surface area (Å²) in [4.78, 5) is 37.4. The summed E-state index contributed by atoms with van der Waals surface area (Å²) in [5.74, 6) is 1.93. The van der Waals surface area contributed by atoms with E-state index in [0.29, 0.717) is 72.9 Å². The number of nitrogens with zero attached hydrogens (tertiary/aromatic N) is 5. The minimum atomic E-state index is -0.294. The fourth-order valence-electron chi connectivity index (χ4n) is 4.96. The summed E-state index contributed by atoms with van der Waals surface area (Å²) in [7, 11) is 1.71. The molecule has 0 saturated carbocycles. The van der Waals surface area contributed by atoms with Crippen molar-refractivity contribution in [2.75, 3.05) is 31.2 Å². The van der Waals surface area contributed by atoms with E-state index in [1.54, 1.807) is 23.7 Å². The van der Waals surface area contributed by atoms with Crippen LogP contribution in [0.1, 0.15) is 32.7 Å². The molecule has 4 aromatic rings. The molecule has 0 bridgehead atoms. The molecule has 0 radical (unpaired) electrons. The Balaban J connectivity index is 1.49. The molecule has 2 aromatic carbocycles. The van der Waals surface area contributed by atoms with Crippen molar-refractivity contribution >= 4 is 39.2 Å². The van der Waals surface area contributed by atoms with E-state index in [-0.39, 0.29) is 22.6 Å². The summed E-state index contributed by atoms with van der Waals surface area (Å²) in [5.41, 5.74) is 0.767. The van der Waals surface area contributed by atoms with Gasteiger partial charge in [-0.2, -0.15) is 4.98 Å². The van der Waals surface area contributed by atoms with Gasteiger partial charge in [0.1, 0.15) is 5.82 Å². The zero-order valence-electron chi connectivity index (χ0n) is 20.5. The maximum Gasteiger partial charge on any atom is 0.331 e. The number of rotatable bonds is 6. The lowest BCUT2D eigenvalue weighted by Gasteiger charge is -2.34. The van der Waals surface area contributed by atoms with Crippen molar-refractivity contribution in [2.45, 2.75) is 32.7 Å². The van der Waals surface area contributed by atoms with Gasteiger partial charge in [-0.25, -0.2) is 9.78 Å². The number of aryl methyl sites for hydroxylation is 1. The number of aromatic nitrogens is 4. The predicted octanol–water partition coefficient (Wildman–Crippen LogP) is 3.94. The van der Waals surface area contributed by atoms with Crippen LogP contribution in [-0.4, -0.2) is 45.4 Å². The number of anilines is 1. The Hall–Kier alpha value is -3.59. The van der Waals surface area contributed by atoms with E-state index in [4.69, 9.17) is 21.1 Å². The molecule has 0 N–H and O–H groups in total. The molecule has 0 aliphatic carbocycles. The van der Waals surface area contributed by atoms with Crippen LogP contribution in [0.5, 0.6) is 11.5 Å². The Bertz CT molecular complexity index is 1560. The summed E-state index contributed by atoms with van der Waals surface area (Å²) in [6, 6.07) is 10.7. The van der Waals surface area contributed by atoms with Gasteiger partial charge in [0.15, 0.2) is 11.5 Å². The highest BCUT2D eigenvalue weighted by Crippen LogP contribution is 2.37. The fourth-order valence-corrected chi connectivity index (χ4v) is 5.13. The summed E-state index contributed by atoms with van der Waals surface area (Å²) in [6.07, 6.45) is 1.23. The molecule has 1 aliphatic heterocycles. The average Bonchev–Trinajstić information content (AvgIpc) is 2.88. The van der Waals surface area contributed by atoms with Crippen molar-refractivity contribution in [2.24, 2.45) is 7.05 Å². The molecule has 0 amide bonds. The molecule has 0 spiro atoms. The lowest BCUT2D eigenvalue weighted by Crippen LogP contribution is -2.45. The second kappa shape index (κ2) is 9.81. The van der Waals surface area contributed by atoms with Gasteiger partial charge in [-0.1, -0.05) is 12.1 Å². The molecule has 2 aromatic heterocycles. The molecular weight excluding hydrogens is 482 g/mol. The van der Waals surface area contributed by atoms with Crippen LogP contribution in [0, 0.1) is 0 Å². The number of para-hydroxylation sites is 1. The van der Waals surface area contributed by atoms with E-state index in [1.807, 2.05) is 38.1 Å². The van der Waals surface area contributed by atoms with Gasteiger partial charge in [0, 0.05) is 37.6 Å². The van der Waals surface area contributed by atoms with Crippen molar-refractivity contribution < 1.29 is 9.47 Å². The van der Waals surface area contributed by atoms with Crippen molar-refractivity contribution in [3.8, 4) is 11.5 Å². The van der Waals surface area contributed by atoms with Crippen LogP contribution in [-0.2, 0) is 7.05 Å². The topological polar surface area (TPSA) is 91.5 Å². The highest BCUT2D eigenvalue weighted by atomic mass is 35.5. The van der Waals surface area contributed by atoms with Gasteiger partial charge in [-0.05, 0) is 56.5 Å². The van der Waals surface area contributed by atoms with Gasteiger partial charge in [0.25, 0.3) is 5.56 Å². The number of ether oxygens (including phenoxy) is 2. The van der Waals surface area contributed by atoms with Gasteiger partial charge < -0.3 is 14.4 Å². The Kier molecular flexibility index (Phi) is 6.57. The smallest absolute Gasteiger partial charge is 0.331 e. The van der Waals surface area contributed by atoms with Gasteiger partial charge in [0.05, 0.1) is 29.6 Å². The molecule has 10 heteroatoms. The van der Waals surface area contributed by atoms with Gasteiger partial charge >= 0.3 is 5.69 Å². The molecule has 1 aliphatic rings. The highest BCUT2D eigenvalue weighted by molar-refractivity contribution is 6.28. The van der Waals surface area contributed by atoms with Crippen molar-refractivity contribution in [3.63, 3.8) is 0 Å². The Morgan fingerprint density at radius 2 is 1.64 bits per heavy atom. The number of halogens is 1. The molecule has 0 unspecified atom stereocenters. The third-order valence-electron chi connectivity index (χ3n) is 6.65. The van der Waals surface area contributed by atoms with E-state index in [2.05, 4.69) is 14.9 Å². The van der Waals surface area contributed by atoms with Crippen LogP contribution in [0.25, 0.3) is 21.8 Å². The quantitative estimate of drug-likeness (QED) is 0.363. The maximum atomic E-state index is 13.2. The number of fused-ring (bicyclic) bond motifs is 2. The predicted molar refractivity (Wildman–Crippen MR) is 141 cm³/mol. The van der Waals surface area contributed by atoms with E-state index < -0.39 is 0 Å². The monoisotopic (exact) mass is 509 g/mol. The van der Waals surface area contributed by atoms with E-state index in [1.165, 1.54) is 4.57 Å². The molecule has 9 nitrogen and oxygen atoms in total. The third kappa shape index (κ3) is 4.17. The molecule has 36 heavy (non-hydrogen) atoms. The van der Waals surface area contributed by atoms with E-state index in [0.717, 1.165) is 5.39 Å². The zero-order chi connectivity index (χ0) is 25.4. The molecular formula is C26H28ClN5O4. The molecule has 1 saturated heterocycles. The summed E-state index contributed by atoms with van der Waals surface area (Å²) in [6.45, 7) is 6.04. The van der Waals surface area contributed by atoms with Crippen LogP contribution in [0.2, 0.25) is 5.28 Å². The largest absolute Gasteiger partial charge is 0.490 e. The second-order valence-corrected chi connectivity index (χ2v) is 9.09. The first kappa shape index (κ1) is 24.1. The second-order valence-electron chi connectivity index (χ2n) is 8.75. The SMILES string of the molecule is CCOc1cc2nc(Cl)nc(N3CCC(n4c(=O)c5ccccc5n(C)c4=O)CC3)c2cc1OCC. The lowest BCUT2D eigenvalue weighted by molar-refractivity contribution is 0.288. The first-order chi connectivity index (χ1) is 17.4. The first-order valence-corrected chi connectivity index (χ1v) is 12.5. The van der Waals surface area contributed by atoms with Crippen molar-refractivity contribution in [1.82, 2.24) is 19.1 Å². The summed E-state index contributed by atoms with van der Waals surface area (Å²) < 4.78 is 14.5. The standard InChI is InChI=1S/C26H28ClN5O4/c1-4-35-21-14-18-19(15-22(21)36-5-2)28-25(27)29-23(18)31-12-10-16(11-13-31)32-24(33)17-8-6-7-9-20(17)30(3)26(32)34/h6-9,14-16H,4-5,10-13H2,1-3H3. The molecule has 188 valence electrons. The molecule has 0 atom stereocenters. The van der Waals surface area contributed by atoms with Crippen molar-refractivity contribution in [3.05, 3.63) is 62.5 Å². The summed E-state index contributed by atoms with van der Waals surface area (Å²) in [5, 5.41) is 1.50. The number of hydrogen-bond acceptors (Lipinski definition) is 7. The number of piperidine rings is 1. The zero-order valence-corrected chi connectivity index (χ0v) is 21.3. The first-order valence-electron chi connectivity index (χ1n) is 12.1. The fraction of sp³-hybridized carbons (Fsp3) is 0.385. The van der Waals surface area contributed by atoms with Crippen LogP contribution in [0.4, 0.5) is 5.82 Å². The number of benzene rings is 2. The number of hydrogen-bond donors (Lipinski definition) is 0. The molecule has 1 fully saturated rings. The Labute approximate surface area is 212 Å². The lowest BCUT2D eigenvalue weighted by atomic mass is 10.0. The summed E-state index contributed by atoms with van der Waals surface area (Å²) >= 11 is 6.30.